The first-order valence-electron chi connectivity index (χ1n) is 7.21. The lowest BCUT2D eigenvalue weighted by Gasteiger charge is -2.27. The molecule has 3 rings (SSSR count). The molecule has 0 saturated heterocycles. The Balaban J connectivity index is 1.78. The molecule has 2 aliphatic rings. The SMILES string of the molecule is COc1ccc(Br)cc1CC(=O)C1C2CCC(C2)C1N. The number of methoxy groups -OCH3 is 1. The average Bonchev–Trinajstić information content (AvgIpc) is 2.99. The molecule has 0 heterocycles. The summed E-state index contributed by atoms with van der Waals surface area (Å²) in [5.41, 5.74) is 7.20. The van der Waals surface area contributed by atoms with Gasteiger partial charge in [-0.2, -0.15) is 0 Å². The summed E-state index contributed by atoms with van der Waals surface area (Å²) in [4.78, 5) is 12.6. The molecule has 1 aromatic carbocycles. The van der Waals surface area contributed by atoms with Gasteiger partial charge in [-0.15, -0.1) is 0 Å². The summed E-state index contributed by atoms with van der Waals surface area (Å²) in [6, 6.07) is 5.86. The van der Waals surface area contributed by atoms with Crippen LogP contribution < -0.4 is 10.5 Å². The normalized spacial score (nSPS) is 31.6. The first kappa shape index (κ1) is 14.1. The largest absolute Gasteiger partial charge is 0.496 e. The molecule has 0 aromatic heterocycles. The van der Waals surface area contributed by atoms with Gasteiger partial charge < -0.3 is 10.5 Å². The van der Waals surface area contributed by atoms with Crippen LogP contribution in [0.3, 0.4) is 0 Å². The zero-order valence-corrected chi connectivity index (χ0v) is 13.2. The van der Waals surface area contributed by atoms with E-state index in [0.717, 1.165) is 22.2 Å². The van der Waals surface area contributed by atoms with Crippen LogP contribution in [-0.4, -0.2) is 18.9 Å². The lowest BCUT2D eigenvalue weighted by molar-refractivity contribution is -0.124. The van der Waals surface area contributed by atoms with Crippen molar-refractivity contribution in [2.45, 2.75) is 31.7 Å². The molecule has 0 radical (unpaired) electrons. The second-order valence-electron chi connectivity index (χ2n) is 6.04. The first-order chi connectivity index (χ1) is 9.60. The Labute approximate surface area is 128 Å². The van der Waals surface area contributed by atoms with E-state index in [1.54, 1.807) is 7.11 Å². The number of hydrogen-bond donors (Lipinski definition) is 1. The Hall–Kier alpha value is -0.870. The molecule has 2 fully saturated rings. The minimum absolute atomic E-state index is 0.0532. The van der Waals surface area contributed by atoms with E-state index in [9.17, 15) is 4.79 Å². The van der Waals surface area contributed by atoms with E-state index < -0.39 is 0 Å². The topological polar surface area (TPSA) is 52.3 Å². The smallest absolute Gasteiger partial charge is 0.142 e. The monoisotopic (exact) mass is 337 g/mol. The van der Waals surface area contributed by atoms with E-state index >= 15 is 0 Å². The van der Waals surface area contributed by atoms with Crippen molar-refractivity contribution in [1.29, 1.82) is 0 Å². The molecule has 2 saturated carbocycles. The zero-order valence-electron chi connectivity index (χ0n) is 11.6. The second-order valence-corrected chi connectivity index (χ2v) is 6.95. The zero-order chi connectivity index (χ0) is 14.3. The van der Waals surface area contributed by atoms with E-state index in [0.29, 0.717) is 18.3 Å². The fourth-order valence-corrected chi connectivity index (χ4v) is 4.41. The van der Waals surface area contributed by atoms with E-state index in [1.807, 2.05) is 18.2 Å². The second kappa shape index (κ2) is 5.49. The molecular formula is C16H20BrNO2. The third kappa shape index (κ3) is 2.40. The van der Waals surface area contributed by atoms with Crippen molar-refractivity contribution in [3.8, 4) is 5.75 Å². The number of hydrogen-bond acceptors (Lipinski definition) is 3. The van der Waals surface area contributed by atoms with Gasteiger partial charge in [-0.3, -0.25) is 4.79 Å². The number of nitrogens with two attached hydrogens (primary N) is 1. The fraction of sp³-hybridized carbons (Fsp3) is 0.562. The van der Waals surface area contributed by atoms with E-state index in [2.05, 4.69) is 15.9 Å². The lowest BCUT2D eigenvalue weighted by Crippen LogP contribution is -2.40. The summed E-state index contributed by atoms with van der Waals surface area (Å²) in [6.07, 6.45) is 3.94. The van der Waals surface area contributed by atoms with E-state index in [4.69, 9.17) is 10.5 Å². The summed E-state index contributed by atoms with van der Waals surface area (Å²) in [5.74, 6) is 2.19. The maximum Gasteiger partial charge on any atom is 0.142 e. The number of Topliss-reactive ketones (excluding diaryl/α,β-unsaturated/α-hetero) is 1. The van der Waals surface area contributed by atoms with Gasteiger partial charge in [0.1, 0.15) is 11.5 Å². The molecule has 4 unspecified atom stereocenters. The number of benzene rings is 1. The van der Waals surface area contributed by atoms with Crippen LogP contribution in [0, 0.1) is 17.8 Å². The molecule has 4 atom stereocenters. The number of fused-ring (bicyclic) bond motifs is 2. The van der Waals surface area contributed by atoms with Gasteiger partial charge >= 0.3 is 0 Å². The van der Waals surface area contributed by atoms with Crippen LogP contribution in [0.25, 0.3) is 0 Å². The highest BCUT2D eigenvalue weighted by molar-refractivity contribution is 9.10. The van der Waals surface area contributed by atoms with Crippen LogP contribution in [0.1, 0.15) is 24.8 Å². The van der Waals surface area contributed by atoms with Gasteiger partial charge in [0.05, 0.1) is 7.11 Å². The molecule has 2 bridgehead atoms. The summed E-state index contributed by atoms with van der Waals surface area (Å²) in [7, 11) is 1.64. The molecule has 20 heavy (non-hydrogen) atoms. The minimum atomic E-state index is 0.0532. The summed E-state index contributed by atoms with van der Waals surface area (Å²) in [5, 5.41) is 0. The fourth-order valence-electron chi connectivity index (χ4n) is 4.00. The third-order valence-electron chi connectivity index (χ3n) is 4.96. The minimum Gasteiger partial charge on any atom is -0.496 e. The van der Waals surface area contributed by atoms with E-state index in [1.165, 1.54) is 12.8 Å². The predicted molar refractivity (Wildman–Crippen MR) is 81.7 cm³/mol. The van der Waals surface area contributed by atoms with Crippen LogP contribution >= 0.6 is 15.9 Å². The quantitative estimate of drug-likeness (QED) is 0.918. The number of carbonyl (C=O) groups excluding carboxylic acids is 1. The van der Waals surface area contributed by atoms with Crippen LogP contribution in [0.2, 0.25) is 0 Å². The Bertz CT molecular complexity index is 529. The van der Waals surface area contributed by atoms with Crippen LogP contribution in [0.15, 0.2) is 22.7 Å². The Kier molecular flexibility index (Phi) is 3.87. The van der Waals surface area contributed by atoms with Crippen molar-refractivity contribution >= 4 is 21.7 Å². The van der Waals surface area contributed by atoms with Gasteiger partial charge in [-0.25, -0.2) is 0 Å². The van der Waals surface area contributed by atoms with Crippen LogP contribution in [0.4, 0.5) is 0 Å². The first-order valence-corrected chi connectivity index (χ1v) is 8.00. The molecule has 108 valence electrons. The van der Waals surface area contributed by atoms with E-state index in [-0.39, 0.29) is 17.7 Å². The maximum absolute atomic E-state index is 12.6. The number of ether oxygens (including phenoxy) is 1. The van der Waals surface area contributed by atoms with Crippen molar-refractivity contribution < 1.29 is 9.53 Å². The van der Waals surface area contributed by atoms with Gasteiger partial charge in [-0.05, 0) is 49.3 Å². The maximum atomic E-state index is 12.6. The third-order valence-corrected chi connectivity index (χ3v) is 5.45. The standard InChI is InChI=1S/C16H20BrNO2/c1-20-14-5-4-12(17)7-11(14)8-13(19)15-9-2-3-10(6-9)16(15)18/h4-5,7,9-10,15-16H,2-3,6,8,18H2,1H3. The molecular weight excluding hydrogens is 318 g/mol. The van der Waals surface area contributed by atoms with Gasteiger partial charge in [0.25, 0.3) is 0 Å². The van der Waals surface area contributed by atoms with Crippen molar-refractivity contribution in [1.82, 2.24) is 0 Å². The van der Waals surface area contributed by atoms with Gasteiger partial charge in [0.15, 0.2) is 0 Å². The lowest BCUT2D eigenvalue weighted by atomic mass is 9.80. The molecule has 2 aliphatic carbocycles. The van der Waals surface area contributed by atoms with Crippen LogP contribution in [0.5, 0.6) is 5.75 Å². The highest BCUT2D eigenvalue weighted by Gasteiger charge is 2.48. The average molecular weight is 338 g/mol. The molecule has 2 N–H and O–H groups in total. The highest BCUT2D eigenvalue weighted by Crippen LogP contribution is 2.48. The van der Waals surface area contributed by atoms with Crippen molar-refractivity contribution in [3.63, 3.8) is 0 Å². The van der Waals surface area contributed by atoms with Crippen molar-refractivity contribution in [2.75, 3.05) is 7.11 Å². The van der Waals surface area contributed by atoms with Gasteiger partial charge in [0, 0.05) is 28.4 Å². The summed E-state index contributed by atoms with van der Waals surface area (Å²) in [6.45, 7) is 0. The van der Waals surface area contributed by atoms with Gasteiger partial charge in [-0.1, -0.05) is 15.9 Å². The van der Waals surface area contributed by atoms with Crippen molar-refractivity contribution in [3.05, 3.63) is 28.2 Å². The molecule has 4 heteroatoms. The number of halogens is 1. The molecule has 1 aromatic rings. The number of carbonyl (C=O) groups is 1. The molecule has 0 amide bonds. The summed E-state index contributed by atoms with van der Waals surface area (Å²) < 4.78 is 6.32. The highest BCUT2D eigenvalue weighted by atomic mass is 79.9. The Morgan fingerprint density at radius 2 is 2.15 bits per heavy atom. The Morgan fingerprint density at radius 1 is 1.40 bits per heavy atom. The summed E-state index contributed by atoms with van der Waals surface area (Å²) >= 11 is 3.45. The van der Waals surface area contributed by atoms with Crippen LogP contribution in [-0.2, 0) is 11.2 Å². The molecule has 0 aliphatic heterocycles. The predicted octanol–water partition coefficient (Wildman–Crippen LogP) is 2.94. The molecule has 0 spiro atoms. The number of ketones is 1. The van der Waals surface area contributed by atoms with Crippen molar-refractivity contribution in [2.24, 2.45) is 23.5 Å². The van der Waals surface area contributed by atoms with Gasteiger partial charge in [0.2, 0.25) is 0 Å². The molecule has 3 nitrogen and oxygen atoms in total. The Morgan fingerprint density at radius 3 is 2.80 bits per heavy atom. The number of rotatable bonds is 4.